The second kappa shape index (κ2) is 11.0. The highest BCUT2D eigenvalue weighted by Gasteiger charge is 2.11. The van der Waals surface area contributed by atoms with Crippen molar-refractivity contribution >= 4 is 55.1 Å². The van der Waals surface area contributed by atoms with Crippen LogP contribution in [0, 0.1) is 6.92 Å². The Morgan fingerprint density at radius 2 is 1.76 bits per heavy atom. The van der Waals surface area contributed by atoms with E-state index in [9.17, 15) is 9.59 Å². The van der Waals surface area contributed by atoms with Gasteiger partial charge in [-0.05, 0) is 75.5 Å². The molecule has 0 aliphatic heterocycles. The molecule has 0 aliphatic rings. The van der Waals surface area contributed by atoms with E-state index in [1.54, 1.807) is 25.1 Å². The molecule has 0 aliphatic carbocycles. The number of halogens is 2. The van der Waals surface area contributed by atoms with E-state index in [-0.39, 0.29) is 18.9 Å². The molecular formula is C20H21Br2N3O4. The van der Waals surface area contributed by atoms with Crippen LogP contribution in [0.5, 0.6) is 11.5 Å². The molecule has 0 saturated heterocycles. The summed E-state index contributed by atoms with van der Waals surface area (Å²) in [5.74, 6) is 0.389. The summed E-state index contributed by atoms with van der Waals surface area (Å²) in [5.41, 5.74) is 4.45. The zero-order chi connectivity index (χ0) is 21.4. The summed E-state index contributed by atoms with van der Waals surface area (Å²) in [6.45, 7) is 3.38. The molecule has 0 aromatic heterocycles. The third-order valence-corrected chi connectivity index (χ3v) is 4.84. The van der Waals surface area contributed by atoms with Crippen LogP contribution >= 0.6 is 31.9 Å². The first-order valence-electron chi connectivity index (χ1n) is 8.63. The normalized spacial score (nSPS) is 11.0. The van der Waals surface area contributed by atoms with E-state index in [2.05, 4.69) is 47.7 Å². The van der Waals surface area contributed by atoms with Gasteiger partial charge in [0.25, 0.3) is 5.91 Å². The number of aryl methyl sites for hydroxylation is 1. The quantitative estimate of drug-likeness (QED) is 0.393. The van der Waals surface area contributed by atoms with Gasteiger partial charge in [-0.25, -0.2) is 5.43 Å². The molecule has 7 nitrogen and oxygen atoms in total. The summed E-state index contributed by atoms with van der Waals surface area (Å²) >= 11 is 6.81. The van der Waals surface area contributed by atoms with Gasteiger partial charge in [0.1, 0.15) is 11.5 Å². The van der Waals surface area contributed by atoms with E-state index in [0.29, 0.717) is 22.9 Å². The number of ether oxygens (including phenoxy) is 2. The van der Waals surface area contributed by atoms with E-state index in [1.165, 1.54) is 7.11 Å². The Labute approximate surface area is 186 Å². The first-order valence-corrected chi connectivity index (χ1v) is 10.2. The van der Waals surface area contributed by atoms with Crippen molar-refractivity contribution in [3.63, 3.8) is 0 Å². The molecule has 0 fully saturated rings. The molecule has 0 saturated carbocycles. The van der Waals surface area contributed by atoms with Crippen molar-refractivity contribution in [3.05, 3.63) is 50.9 Å². The van der Waals surface area contributed by atoms with Crippen LogP contribution in [-0.2, 0) is 9.59 Å². The molecule has 0 spiro atoms. The monoisotopic (exact) mass is 525 g/mol. The lowest BCUT2D eigenvalue weighted by Crippen LogP contribution is -2.26. The number of hydrogen-bond donors (Lipinski definition) is 2. The van der Waals surface area contributed by atoms with Crippen LogP contribution in [0.15, 0.2) is 50.4 Å². The fraction of sp³-hybridized carbons (Fsp3) is 0.250. The van der Waals surface area contributed by atoms with Crippen molar-refractivity contribution in [1.29, 1.82) is 0 Å². The summed E-state index contributed by atoms with van der Waals surface area (Å²) in [6, 6.07) is 10.9. The molecule has 2 rings (SSSR count). The van der Waals surface area contributed by atoms with Gasteiger partial charge in [-0.2, -0.15) is 5.10 Å². The average Bonchev–Trinajstić information content (AvgIpc) is 2.65. The van der Waals surface area contributed by atoms with Crippen LogP contribution < -0.4 is 20.2 Å². The molecule has 9 heteroatoms. The number of nitrogens with one attached hydrogen (secondary N) is 2. The van der Waals surface area contributed by atoms with Gasteiger partial charge in [-0.1, -0.05) is 12.1 Å². The average molecular weight is 527 g/mol. The van der Waals surface area contributed by atoms with Crippen LogP contribution in [0.25, 0.3) is 0 Å². The Morgan fingerprint density at radius 1 is 1.10 bits per heavy atom. The third kappa shape index (κ3) is 7.17. The van der Waals surface area contributed by atoms with Crippen LogP contribution in [0.1, 0.15) is 18.9 Å². The Kier molecular flexibility index (Phi) is 8.66. The molecule has 29 heavy (non-hydrogen) atoms. The Morgan fingerprint density at radius 3 is 2.41 bits per heavy atom. The lowest BCUT2D eigenvalue weighted by Gasteiger charge is -2.11. The van der Waals surface area contributed by atoms with Crippen molar-refractivity contribution < 1.29 is 19.1 Å². The number of carbonyl (C=O) groups excluding carboxylic acids is 2. The molecule has 2 N–H and O–H groups in total. The van der Waals surface area contributed by atoms with Crippen molar-refractivity contribution in [1.82, 2.24) is 5.43 Å². The Bertz CT molecular complexity index is 909. The Hall–Kier alpha value is -2.39. The van der Waals surface area contributed by atoms with Gasteiger partial charge in [0.05, 0.1) is 28.2 Å². The topological polar surface area (TPSA) is 89.0 Å². The van der Waals surface area contributed by atoms with Gasteiger partial charge in [-0.15, -0.1) is 0 Å². The molecule has 0 unspecified atom stereocenters. The second-order valence-corrected chi connectivity index (χ2v) is 7.86. The maximum absolute atomic E-state index is 12.2. The van der Waals surface area contributed by atoms with Gasteiger partial charge in [-0.3, -0.25) is 9.59 Å². The number of hydrazone groups is 1. The van der Waals surface area contributed by atoms with Crippen LogP contribution in [0.3, 0.4) is 0 Å². The maximum atomic E-state index is 12.2. The molecular weight excluding hydrogens is 506 g/mol. The predicted octanol–water partition coefficient (Wildman–Crippen LogP) is 4.43. The molecule has 2 amide bonds. The Balaban J connectivity index is 1.84. The number of hydrogen-bond acceptors (Lipinski definition) is 5. The number of amides is 2. The summed E-state index contributed by atoms with van der Waals surface area (Å²) in [5, 5.41) is 6.69. The highest BCUT2D eigenvalue weighted by molar-refractivity contribution is 9.11. The van der Waals surface area contributed by atoms with Crippen molar-refractivity contribution in [2.45, 2.75) is 20.3 Å². The SMILES string of the molecule is COc1ccccc1NC(=O)CC(C)=NNC(=O)COc1c(Br)cc(C)cc1Br. The minimum atomic E-state index is -0.436. The lowest BCUT2D eigenvalue weighted by molar-refractivity contribution is -0.123. The minimum Gasteiger partial charge on any atom is -0.495 e. The summed E-state index contributed by atoms with van der Waals surface area (Å²) in [4.78, 5) is 24.1. The number of para-hydroxylation sites is 2. The molecule has 154 valence electrons. The number of benzene rings is 2. The molecule has 2 aromatic rings. The molecule has 0 radical (unpaired) electrons. The minimum absolute atomic E-state index is 0.0221. The van der Waals surface area contributed by atoms with Gasteiger partial charge in [0.15, 0.2) is 6.61 Å². The summed E-state index contributed by atoms with van der Waals surface area (Å²) < 4.78 is 12.2. The van der Waals surface area contributed by atoms with Crippen molar-refractivity contribution in [2.75, 3.05) is 19.0 Å². The lowest BCUT2D eigenvalue weighted by atomic mass is 10.2. The molecule has 0 atom stereocenters. The van der Waals surface area contributed by atoms with Gasteiger partial charge in [0.2, 0.25) is 5.91 Å². The maximum Gasteiger partial charge on any atom is 0.277 e. The predicted molar refractivity (Wildman–Crippen MR) is 120 cm³/mol. The van der Waals surface area contributed by atoms with E-state index < -0.39 is 5.91 Å². The number of nitrogens with zero attached hydrogens (tertiary/aromatic N) is 1. The number of methoxy groups -OCH3 is 1. The van der Waals surface area contributed by atoms with E-state index >= 15 is 0 Å². The number of carbonyl (C=O) groups is 2. The van der Waals surface area contributed by atoms with Gasteiger partial charge < -0.3 is 14.8 Å². The molecule has 0 heterocycles. The summed E-state index contributed by atoms with van der Waals surface area (Å²) in [7, 11) is 1.53. The van der Waals surface area contributed by atoms with E-state index in [4.69, 9.17) is 9.47 Å². The van der Waals surface area contributed by atoms with Crippen molar-refractivity contribution in [2.24, 2.45) is 5.10 Å². The van der Waals surface area contributed by atoms with Crippen LogP contribution in [0.2, 0.25) is 0 Å². The van der Waals surface area contributed by atoms with Crippen LogP contribution in [-0.4, -0.2) is 31.2 Å². The fourth-order valence-corrected chi connectivity index (χ4v) is 4.01. The molecule has 0 bridgehead atoms. The van der Waals surface area contributed by atoms with E-state index in [0.717, 1.165) is 14.5 Å². The highest BCUT2D eigenvalue weighted by atomic mass is 79.9. The largest absolute Gasteiger partial charge is 0.495 e. The van der Waals surface area contributed by atoms with Crippen molar-refractivity contribution in [3.8, 4) is 11.5 Å². The second-order valence-electron chi connectivity index (χ2n) is 6.15. The third-order valence-electron chi connectivity index (χ3n) is 3.66. The first-order chi connectivity index (χ1) is 13.8. The standard InChI is InChI=1S/C20H21Br2N3O4/c1-12-8-14(21)20(15(22)9-12)29-11-19(27)25-24-13(2)10-18(26)23-16-6-4-5-7-17(16)28-3/h4-9H,10-11H2,1-3H3,(H,23,26)(H,25,27). The van der Waals surface area contributed by atoms with Gasteiger partial charge >= 0.3 is 0 Å². The zero-order valence-corrected chi connectivity index (χ0v) is 19.4. The summed E-state index contributed by atoms with van der Waals surface area (Å²) in [6.07, 6.45) is 0.0221. The number of rotatable bonds is 8. The van der Waals surface area contributed by atoms with E-state index in [1.807, 2.05) is 25.1 Å². The fourth-order valence-electron chi connectivity index (χ4n) is 2.37. The molecule has 2 aromatic carbocycles. The van der Waals surface area contributed by atoms with Gasteiger partial charge in [0, 0.05) is 5.71 Å². The zero-order valence-electron chi connectivity index (χ0n) is 16.2. The number of anilines is 1. The van der Waals surface area contributed by atoms with Crippen LogP contribution in [0.4, 0.5) is 5.69 Å². The smallest absolute Gasteiger partial charge is 0.277 e. The first kappa shape index (κ1) is 22.9. The highest BCUT2D eigenvalue weighted by Crippen LogP contribution is 2.34.